The maximum absolute atomic E-state index is 13.6. The largest absolute Gasteiger partial charge is 0.470 e. The summed E-state index contributed by atoms with van der Waals surface area (Å²) in [5.41, 5.74) is 7.48. The highest BCUT2D eigenvalue weighted by atomic mass is 16.5. The van der Waals surface area contributed by atoms with Gasteiger partial charge in [-0.3, -0.25) is 19.4 Å². The Morgan fingerprint density at radius 3 is 2.75 bits per heavy atom. The topological polar surface area (TPSA) is 127 Å². The Balaban J connectivity index is 1.66. The van der Waals surface area contributed by atoms with E-state index in [1.54, 1.807) is 17.0 Å². The van der Waals surface area contributed by atoms with Gasteiger partial charge >= 0.3 is 0 Å². The van der Waals surface area contributed by atoms with Crippen molar-refractivity contribution >= 4 is 29.1 Å². The fourth-order valence-electron chi connectivity index (χ4n) is 4.39. The summed E-state index contributed by atoms with van der Waals surface area (Å²) in [6, 6.07) is 5.89. The third kappa shape index (κ3) is 3.53. The van der Waals surface area contributed by atoms with E-state index in [-0.39, 0.29) is 23.4 Å². The standard InChI is InChI=1S/C23H27N5O4/c1-12-5-6-15(18-17(12)26-11-32-18)22(31)28-10-13(2)23(3,4)19(28)21(30)27-14-7-8-25-16(9-14)20(24)29/h5-9,13,19,26H,10-11H2,1-4H3,(H2,24,29)(H,25,27,30)/t13-,19-/m1/s1. The van der Waals surface area contributed by atoms with E-state index in [9.17, 15) is 14.4 Å². The summed E-state index contributed by atoms with van der Waals surface area (Å²) < 4.78 is 5.69. The van der Waals surface area contributed by atoms with Gasteiger partial charge in [-0.05, 0) is 42.0 Å². The van der Waals surface area contributed by atoms with E-state index in [2.05, 4.69) is 15.6 Å². The maximum Gasteiger partial charge on any atom is 0.267 e. The Bertz CT molecular complexity index is 1110. The summed E-state index contributed by atoms with van der Waals surface area (Å²) >= 11 is 0. The van der Waals surface area contributed by atoms with E-state index < -0.39 is 17.4 Å². The van der Waals surface area contributed by atoms with Crippen molar-refractivity contribution in [2.75, 3.05) is 23.9 Å². The molecular formula is C23H27N5O4. The number of carbonyl (C=O) groups is 3. The Hall–Kier alpha value is -3.62. The van der Waals surface area contributed by atoms with E-state index in [0.29, 0.717) is 30.3 Å². The second kappa shape index (κ2) is 7.81. The number of nitrogens with one attached hydrogen (secondary N) is 2. The molecule has 9 nitrogen and oxygen atoms in total. The van der Waals surface area contributed by atoms with Crippen molar-refractivity contribution in [2.45, 2.75) is 33.7 Å². The summed E-state index contributed by atoms with van der Waals surface area (Å²) in [6.45, 7) is 8.67. The number of benzene rings is 1. The maximum atomic E-state index is 13.6. The van der Waals surface area contributed by atoms with Crippen molar-refractivity contribution in [3.8, 4) is 5.75 Å². The van der Waals surface area contributed by atoms with Crippen molar-refractivity contribution in [1.29, 1.82) is 0 Å². The molecule has 32 heavy (non-hydrogen) atoms. The van der Waals surface area contributed by atoms with Gasteiger partial charge in [0, 0.05) is 18.4 Å². The molecule has 2 atom stereocenters. The number of pyridine rings is 1. The van der Waals surface area contributed by atoms with Gasteiger partial charge in [-0.2, -0.15) is 0 Å². The molecule has 0 bridgehead atoms. The number of fused-ring (bicyclic) bond motifs is 1. The second-order valence-electron chi connectivity index (χ2n) is 8.97. The number of nitrogens with two attached hydrogens (primary N) is 1. The van der Waals surface area contributed by atoms with Gasteiger partial charge in [0.25, 0.3) is 11.8 Å². The van der Waals surface area contributed by atoms with Crippen LogP contribution in [0.25, 0.3) is 0 Å². The first-order chi connectivity index (χ1) is 15.1. The zero-order valence-corrected chi connectivity index (χ0v) is 18.6. The summed E-state index contributed by atoms with van der Waals surface area (Å²) in [6.07, 6.45) is 1.40. The molecule has 2 aromatic rings. The molecule has 4 rings (SSSR count). The molecule has 1 fully saturated rings. The zero-order chi connectivity index (χ0) is 23.2. The molecule has 1 aromatic carbocycles. The van der Waals surface area contributed by atoms with Crippen LogP contribution in [-0.2, 0) is 4.79 Å². The van der Waals surface area contributed by atoms with Gasteiger partial charge in [-0.15, -0.1) is 0 Å². The lowest BCUT2D eigenvalue weighted by Crippen LogP contribution is -2.49. The number of primary amides is 1. The van der Waals surface area contributed by atoms with Gasteiger partial charge < -0.3 is 26.0 Å². The minimum atomic E-state index is -0.721. The molecule has 2 aliphatic rings. The Morgan fingerprint density at radius 2 is 2.03 bits per heavy atom. The minimum Gasteiger partial charge on any atom is -0.470 e. The number of aromatic nitrogens is 1. The van der Waals surface area contributed by atoms with Crippen molar-refractivity contribution in [1.82, 2.24) is 9.88 Å². The normalized spacial score (nSPS) is 20.8. The smallest absolute Gasteiger partial charge is 0.267 e. The molecule has 3 amide bonds. The Kier molecular flexibility index (Phi) is 5.28. The molecule has 0 spiro atoms. The van der Waals surface area contributed by atoms with Crippen LogP contribution in [0, 0.1) is 18.3 Å². The second-order valence-corrected chi connectivity index (χ2v) is 8.97. The van der Waals surface area contributed by atoms with Gasteiger partial charge in [-0.1, -0.05) is 26.8 Å². The third-order valence-electron chi connectivity index (χ3n) is 6.61. The predicted octanol–water partition coefficient (Wildman–Crippen LogP) is 2.38. The van der Waals surface area contributed by atoms with Crippen LogP contribution in [0.4, 0.5) is 11.4 Å². The summed E-state index contributed by atoms with van der Waals surface area (Å²) in [5.74, 6) is -0.674. The number of hydrogen-bond donors (Lipinski definition) is 3. The highest BCUT2D eigenvalue weighted by molar-refractivity contribution is 6.05. The van der Waals surface area contributed by atoms with Gasteiger partial charge in [0.15, 0.2) is 12.5 Å². The zero-order valence-electron chi connectivity index (χ0n) is 18.6. The molecule has 1 saturated heterocycles. The SMILES string of the molecule is Cc1ccc(C(=O)N2C[C@@H](C)C(C)(C)[C@H]2C(=O)Nc2ccnc(C(N)=O)c2)c2c1NCO2. The number of ether oxygens (including phenoxy) is 1. The highest BCUT2D eigenvalue weighted by Crippen LogP contribution is 2.44. The summed E-state index contributed by atoms with van der Waals surface area (Å²) in [5, 5.41) is 5.97. The molecule has 2 aliphatic heterocycles. The Morgan fingerprint density at radius 1 is 1.28 bits per heavy atom. The van der Waals surface area contributed by atoms with Gasteiger partial charge in [0.05, 0.1) is 11.3 Å². The molecule has 9 heteroatoms. The average Bonchev–Trinajstić information content (AvgIpc) is 3.32. The Labute approximate surface area is 186 Å². The number of anilines is 2. The first-order valence-electron chi connectivity index (χ1n) is 10.5. The van der Waals surface area contributed by atoms with E-state index in [1.165, 1.54) is 12.3 Å². The monoisotopic (exact) mass is 437 g/mol. The number of aryl methyl sites for hydroxylation is 1. The first kappa shape index (κ1) is 21.6. The number of rotatable bonds is 4. The fourth-order valence-corrected chi connectivity index (χ4v) is 4.39. The molecule has 0 aliphatic carbocycles. The van der Waals surface area contributed by atoms with E-state index >= 15 is 0 Å². The number of amides is 3. The van der Waals surface area contributed by atoms with Crippen molar-refractivity contribution in [3.63, 3.8) is 0 Å². The van der Waals surface area contributed by atoms with Crippen molar-refractivity contribution in [3.05, 3.63) is 47.3 Å². The number of carbonyl (C=O) groups excluding carboxylic acids is 3. The fraction of sp³-hybridized carbons (Fsp3) is 0.391. The molecule has 168 valence electrons. The van der Waals surface area contributed by atoms with Crippen LogP contribution in [0.5, 0.6) is 5.75 Å². The van der Waals surface area contributed by atoms with E-state index in [4.69, 9.17) is 10.5 Å². The molecule has 0 unspecified atom stereocenters. The van der Waals surface area contributed by atoms with Crippen LogP contribution in [0.15, 0.2) is 30.5 Å². The molecule has 1 aromatic heterocycles. The van der Waals surface area contributed by atoms with Crippen LogP contribution in [0.1, 0.15) is 47.2 Å². The lowest BCUT2D eigenvalue weighted by atomic mass is 9.77. The van der Waals surface area contributed by atoms with Gasteiger partial charge in [-0.25, -0.2) is 0 Å². The summed E-state index contributed by atoms with van der Waals surface area (Å²) in [4.78, 5) is 44.0. The van der Waals surface area contributed by atoms with Gasteiger partial charge in [0.1, 0.15) is 11.7 Å². The third-order valence-corrected chi connectivity index (χ3v) is 6.61. The average molecular weight is 438 g/mol. The van der Waals surface area contributed by atoms with Crippen LogP contribution >= 0.6 is 0 Å². The van der Waals surface area contributed by atoms with E-state index in [0.717, 1.165) is 11.3 Å². The number of hydrogen-bond acceptors (Lipinski definition) is 6. The number of nitrogens with zero attached hydrogens (tertiary/aromatic N) is 2. The molecule has 0 saturated carbocycles. The highest BCUT2D eigenvalue weighted by Gasteiger charge is 2.52. The summed E-state index contributed by atoms with van der Waals surface area (Å²) in [7, 11) is 0. The van der Waals surface area contributed by atoms with Crippen LogP contribution in [0.2, 0.25) is 0 Å². The first-order valence-corrected chi connectivity index (χ1v) is 10.5. The van der Waals surface area contributed by atoms with Crippen molar-refractivity contribution in [2.24, 2.45) is 17.1 Å². The van der Waals surface area contributed by atoms with Gasteiger partial charge in [0.2, 0.25) is 5.91 Å². The van der Waals surface area contributed by atoms with Crippen molar-refractivity contribution < 1.29 is 19.1 Å². The lowest BCUT2D eigenvalue weighted by molar-refractivity contribution is -0.122. The molecule has 4 N–H and O–H groups in total. The molecule has 3 heterocycles. The molecular weight excluding hydrogens is 410 g/mol. The van der Waals surface area contributed by atoms with Crippen LogP contribution in [-0.4, -0.2) is 46.9 Å². The minimum absolute atomic E-state index is 0.0506. The number of likely N-dealkylation sites (tertiary alicyclic amines) is 1. The van der Waals surface area contributed by atoms with E-state index in [1.807, 2.05) is 33.8 Å². The molecule has 0 radical (unpaired) electrons. The quantitative estimate of drug-likeness (QED) is 0.674. The van der Waals surface area contributed by atoms with Crippen LogP contribution in [0.3, 0.4) is 0 Å². The predicted molar refractivity (Wildman–Crippen MR) is 119 cm³/mol. The van der Waals surface area contributed by atoms with Crippen LogP contribution < -0.4 is 21.1 Å². The lowest BCUT2D eigenvalue weighted by Gasteiger charge is -2.33.